The smallest absolute Gasteiger partial charge is 0.256 e. The second-order valence-corrected chi connectivity index (χ2v) is 7.70. The maximum Gasteiger partial charge on any atom is 0.256 e. The number of nitrogens with zero attached hydrogens (tertiary/aromatic N) is 2. The Morgan fingerprint density at radius 2 is 1.87 bits per heavy atom. The number of nitrogens with one attached hydrogen (secondary N) is 1. The Hall–Kier alpha value is -3.06. The molecule has 7 heteroatoms. The van der Waals surface area contributed by atoms with Crippen LogP contribution < -0.4 is 5.32 Å². The zero-order valence-electron chi connectivity index (χ0n) is 16.3. The molecule has 1 aliphatic carbocycles. The van der Waals surface area contributed by atoms with Crippen LogP contribution in [-0.4, -0.2) is 42.1 Å². The van der Waals surface area contributed by atoms with E-state index in [9.17, 15) is 13.6 Å². The fourth-order valence-corrected chi connectivity index (χ4v) is 3.99. The van der Waals surface area contributed by atoms with Gasteiger partial charge >= 0.3 is 0 Å². The van der Waals surface area contributed by atoms with Gasteiger partial charge in [-0.25, -0.2) is 13.8 Å². The number of hydrogen-bond donors (Lipinski definition) is 1. The molecule has 2 aliphatic rings. The highest BCUT2D eigenvalue weighted by Crippen LogP contribution is 2.45. The van der Waals surface area contributed by atoms with E-state index >= 15 is 0 Å². The maximum atomic E-state index is 14.2. The molecule has 5 rings (SSSR count). The van der Waals surface area contributed by atoms with Crippen LogP contribution in [0, 0.1) is 11.6 Å². The van der Waals surface area contributed by atoms with Crippen LogP contribution in [0.4, 0.5) is 20.3 Å². The average Bonchev–Trinajstić information content (AvgIpc) is 3.62. The molecule has 1 saturated heterocycles. The van der Waals surface area contributed by atoms with Crippen molar-refractivity contribution >= 4 is 28.2 Å². The van der Waals surface area contributed by atoms with Gasteiger partial charge in [-0.15, -0.1) is 0 Å². The third-order valence-corrected chi connectivity index (χ3v) is 5.69. The minimum atomic E-state index is -0.959. The van der Waals surface area contributed by atoms with Gasteiger partial charge in [0.05, 0.1) is 24.5 Å². The Morgan fingerprint density at radius 3 is 2.63 bits per heavy atom. The Kier molecular flexibility index (Phi) is 4.83. The van der Waals surface area contributed by atoms with Crippen LogP contribution in [0.25, 0.3) is 10.8 Å². The number of amides is 1. The minimum absolute atomic E-state index is 0.00730. The number of halogens is 2. The van der Waals surface area contributed by atoms with E-state index in [4.69, 9.17) is 4.74 Å². The first kappa shape index (κ1) is 18.9. The topological polar surface area (TPSA) is 54.5 Å². The van der Waals surface area contributed by atoms with E-state index < -0.39 is 11.6 Å². The van der Waals surface area contributed by atoms with Gasteiger partial charge in [0.25, 0.3) is 5.91 Å². The second-order valence-electron chi connectivity index (χ2n) is 7.70. The highest BCUT2D eigenvalue weighted by Gasteiger charge is 2.29. The molecular weight excluding hydrogens is 388 g/mol. The van der Waals surface area contributed by atoms with Crippen molar-refractivity contribution in [2.45, 2.75) is 18.8 Å². The molecule has 154 valence electrons. The van der Waals surface area contributed by atoms with E-state index in [-0.39, 0.29) is 11.6 Å². The van der Waals surface area contributed by atoms with Crippen molar-refractivity contribution in [1.29, 1.82) is 0 Å². The summed E-state index contributed by atoms with van der Waals surface area (Å²) >= 11 is 0. The first-order valence-corrected chi connectivity index (χ1v) is 10.1. The summed E-state index contributed by atoms with van der Waals surface area (Å²) in [6.45, 7) is 2.12. The monoisotopic (exact) mass is 409 g/mol. The van der Waals surface area contributed by atoms with E-state index in [2.05, 4.69) is 10.3 Å². The fraction of sp³-hybridized carbons (Fsp3) is 0.304. The zero-order valence-corrected chi connectivity index (χ0v) is 16.3. The summed E-state index contributed by atoms with van der Waals surface area (Å²) in [6, 6.07) is 9.81. The summed E-state index contributed by atoms with van der Waals surface area (Å²) in [5.74, 6) is -1.16. The standard InChI is InChI=1S/C23H21F2N3O2/c24-18-5-2-6-19(21(18)25)27-22-16-4-1-3-15(14-7-8-14)20(16)17(13-26-22)23(29)28-9-11-30-12-10-28/h1-6,13-14H,7-12H2,(H,26,27). The van der Waals surface area contributed by atoms with Crippen LogP contribution >= 0.6 is 0 Å². The van der Waals surface area contributed by atoms with Crippen LogP contribution in [0.1, 0.15) is 34.7 Å². The number of morpholine rings is 1. The quantitative estimate of drug-likeness (QED) is 0.684. The van der Waals surface area contributed by atoms with E-state index in [1.54, 1.807) is 11.1 Å². The third-order valence-electron chi connectivity index (χ3n) is 5.69. The van der Waals surface area contributed by atoms with Gasteiger partial charge in [-0.1, -0.05) is 24.3 Å². The second kappa shape index (κ2) is 7.65. The molecule has 0 spiro atoms. The van der Waals surface area contributed by atoms with Crippen molar-refractivity contribution in [3.8, 4) is 0 Å². The Balaban J connectivity index is 1.63. The van der Waals surface area contributed by atoms with Gasteiger partial charge in [-0.2, -0.15) is 0 Å². The molecule has 3 aromatic rings. The van der Waals surface area contributed by atoms with Crippen molar-refractivity contribution in [3.63, 3.8) is 0 Å². The SMILES string of the molecule is O=C(c1cnc(Nc2cccc(F)c2F)c2cccc(C3CC3)c12)N1CCOCC1. The molecule has 0 unspecified atom stereocenters. The average molecular weight is 409 g/mol. The van der Waals surface area contributed by atoms with E-state index in [1.165, 1.54) is 12.1 Å². The summed E-state index contributed by atoms with van der Waals surface area (Å²) in [5.41, 5.74) is 1.65. The number of ether oxygens (including phenoxy) is 1. The molecule has 5 nitrogen and oxygen atoms in total. The molecule has 2 aromatic carbocycles. The van der Waals surface area contributed by atoms with E-state index in [0.29, 0.717) is 43.6 Å². The number of rotatable bonds is 4. The number of anilines is 2. The molecular formula is C23H21F2N3O2. The van der Waals surface area contributed by atoms with Crippen molar-refractivity contribution in [1.82, 2.24) is 9.88 Å². The highest BCUT2D eigenvalue weighted by atomic mass is 19.2. The lowest BCUT2D eigenvalue weighted by Gasteiger charge is -2.27. The first-order chi connectivity index (χ1) is 14.6. The number of benzene rings is 2. The van der Waals surface area contributed by atoms with Crippen LogP contribution in [0.5, 0.6) is 0 Å². The molecule has 2 fully saturated rings. The third kappa shape index (κ3) is 3.39. The lowest BCUT2D eigenvalue weighted by atomic mass is 9.97. The highest BCUT2D eigenvalue weighted by molar-refractivity contribution is 6.11. The summed E-state index contributed by atoms with van der Waals surface area (Å²) in [5, 5.41) is 4.48. The minimum Gasteiger partial charge on any atom is -0.378 e. The summed E-state index contributed by atoms with van der Waals surface area (Å²) < 4.78 is 33.2. The fourth-order valence-electron chi connectivity index (χ4n) is 3.99. The molecule has 2 heterocycles. The lowest BCUT2D eigenvalue weighted by molar-refractivity contribution is 0.0304. The molecule has 1 aliphatic heterocycles. The van der Waals surface area contributed by atoms with Crippen LogP contribution in [-0.2, 0) is 4.74 Å². The molecule has 1 amide bonds. The Bertz CT molecular complexity index is 1120. The van der Waals surface area contributed by atoms with E-state index in [1.807, 2.05) is 18.2 Å². The molecule has 1 N–H and O–H groups in total. The first-order valence-electron chi connectivity index (χ1n) is 10.1. The molecule has 0 radical (unpaired) electrons. The van der Waals surface area contributed by atoms with Crippen LogP contribution in [0.3, 0.4) is 0 Å². The number of pyridine rings is 1. The number of hydrogen-bond acceptors (Lipinski definition) is 4. The van der Waals surface area contributed by atoms with Gasteiger partial charge in [-0.3, -0.25) is 4.79 Å². The summed E-state index contributed by atoms with van der Waals surface area (Å²) in [6.07, 6.45) is 3.70. The zero-order chi connectivity index (χ0) is 20.7. The van der Waals surface area contributed by atoms with Gasteiger partial charge in [0.15, 0.2) is 11.6 Å². The van der Waals surface area contributed by atoms with Gasteiger partial charge in [0, 0.05) is 30.1 Å². The Morgan fingerprint density at radius 1 is 1.10 bits per heavy atom. The van der Waals surface area contributed by atoms with E-state index in [0.717, 1.165) is 35.2 Å². The van der Waals surface area contributed by atoms with Gasteiger partial charge < -0.3 is 15.0 Å². The number of aromatic nitrogens is 1. The van der Waals surface area contributed by atoms with Gasteiger partial charge in [-0.05, 0) is 36.5 Å². The molecule has 30 heavy (non-hydrogen) atoms. The van der Waals surface area contributed by atoms with Gasteiger partial charge in [0.1, 0.15) is 5.82 Å². The summed E-state index contributed by atoms with van der Waals surface area (Å²) in [4.78, 5) is 19.5. The predicted molar refractivity (Wildman–Crippen MR) is 110 cm³/mol. The van der Waals surface area contributed by atoms with Crippen LogP contribution in [0.15, 0.2) is 42.6 Å². The normalized spacial score (nSPS) is 16.7. The van der Waals surface area contributed by atoms with Crippen molar-refractivity contribution < 1.29 is 18.3 Å². The number of carbonyl (C=O) groups is 1. The number of carbonyl (C=O) groups excluding carboxylic acids is 1. The molecule has 0 atom stereocenters. The van der Waals surface area contributed by atoms with Gasteiger partial charge in [0.2, 0.25) is 0 Å². The van der Waals surface area contributed by atoms with Crippen molar-refractivity contribution in [2.24, 2.45) is 0 Å². The number of fused-ring (bicyclic) bond motifs is 1. The molecule has 0 bridgehead atoms. The van der Waals surface area contributed by atoms with Crippen LogP contribution in [0.2, 0.25) is 0 Å². The van der Waals surface area contributed by atoms with Crippen molar-refractivity contribution in [2.75, 3.05) is 31.6 Å². The molecule has 1 aromatic heterocycles. The molecule has 1 saturated carbocycles. The maximum absolute atomic E-state index is 14.2. The Labute approximate surface area is 172 Å². The largest absolute Gasteiger partial charge is 0.378 e. The van der Waals surface area contributed by atoms with Crippen molar-refractivity contribution in [3.05, 3.63) is 65.4 Å². The lowest BCUT2D eigenvalue weighted by Crippen LogP contribution is -2.40. The summed E-state index contributed by atoms with van der Waals surface area (Å²) in [7, 11) is 0. The predicted octanol–water partition coefficient (Wildman–Crippen LogP) is 4.61.